The zero-order chi connectivity index (χ0) is 16.5. The molecule has 2 aromatic carbocycles. The highest BCUT2D eigenvalue weighted by molar-refractivity contribution is 5.93. The van der Waals surface area contributed by atoms with Crippen molar-refractivity contribution in [3.63, 3.8) is 0 Å². The average Bonchev–Trinajstić information content (AvgIpc) is 2.60. The lowest BCUT2D eigenvalue weighted by molar-refractivity contribution is 0.101. The third-order valence-electron chi connectivity index (χ3n) is 2.22. The fraction of sp³-hybridized carbons (Fsp3) is 0.250. The van der Waals surface area contributed by atoms with Gasteiger partial charge in [0, 0.05) is 5.56 Å². The van der Waals surface area contributed by atoms with E-state index in [-0.39, 0.29) is 5.78 Å². The van der Waals surface area contributed by atoms with Crippen molar-refractivity contribution in [1.29, 1.82) is 0 Å². The fourth-order valence-electron chi connectivity index (χ4n) is 1.26. The summed E-state index contributed by atoms with van der Waals surface area (Å²) >= 11 is 0. The van der Waals surface area contributed by atoms with E-state index in [1.54, 1.807) is 6.92 Å². The van der Waals surface area contributed by atoms with Crippen molar-refractivity contribution in [3.8, 4) is 0 Å². The summed E-state index contributed by atoms with van der Waals surface area (Å²) in [6.45, 7) is 13.2. The van der Waals surface area contributed by atoms with Crippen molar-refractivity contribution in [2.24, 2.45) is 0 Å². The van der Waals surface area contributed by atoms with Gasteiger partial charge in [-0.3, -0.25) is 4.79 Å². The van der Waals surface area contributed by atoms with E-state index in [1.165, 1.54) is 5.56 Å². The number of hydrogen-bond acceptors (Lipinski definition) is 1. The van der Waals surface area contributed by atoms with Gasteiger partial charge in [0.05, 0.1) is 0 Å². The molecule has 2 rings (SSSR count). The lowest BCUT2D eigenvalue weighted by atomic mass is 10.2. The van der Waals surface area contributed by atoms with Crippen LogP contribution in [0, 0.1) is 0 Å². The van der Waals surface area contributed by atoms with Crippen molar-refractivity contribution < 1.29 is 4.79 Å². The Labute approximate surface area is 130 Å². The van der Waals surface area contributed by atoms with Crippen LogP contribution in [0.1, 0.15) is 50.5 Å². The maximum atomic E-state index is 10.6. The third-order valence-corrected chi connectivity index (χ3v) is 2.22. The molecule has 0 aromatic heterocycles. The number of rotatable bonds is 2. The highest BCUT2D eigenvalue weighted by atomic mass is 16.1. The van der Waals surface area contributed by atoms with Crippen LogP contribution in [0.3, 0.4) is 0 Å². The van der Waals surface area contributed by atoms with Crippen molar-refractivity contribution in [1.82, 2.24) is 0 Å². The Bertz CT molecular complexity index is 458. The molecule has 0 unspecified atom stereocenters. The van der Waals surface area contributed by atoms with Crippen LogP contribution >= 0.6 is 0 Å². The Kier molecular flexibility index (Phi) is 16.0. The molecule has 0 saturated carbocycles. The first-order valence-electron chi connectivity index (χ1n) is 7.47. The third kappa shape index (κ3) is 11.4. The second-order valence-corrected chi connectivity index (χ2v) is 3.54. The van der Waals surface area contributed by atoms with Crippen LogP contribution < -0.4 is 0 Å². The Hall–Kier alpha value is -2.15. The predicted octanol–water partition coefficient (Wildman–Crippen LogP) is 6.27. The molecule has 21 heavy (non-hydrogen) atoms. The number of Topliss-reactive ketones (excluding diaryl/α,β-unsaturated/α-hetero) is 1. The number of carbonyl (C=O) groups excluding carboxylic acids is 1. The van der Waals surface area contributed by atoms with Gasteiger partial charge in [-0.1, -0.05) is 101 Å². The lowest BCUT2D eigenvalue weighted by Gasteiger charge is -1.89. The monoisotopic (exact) mass is 284 g/mol. The molecule has 0 aliphatic heterocycles. The van der Waals surface area contributed by atoms with Gasteiger partial charge in [-0.25, -0.2) is 0 Å². The van der Waals surface area contributed by atoms with Gasteiger partial charge in [-0.05, 0) is 12.5 Å². The van der Waals surface area contributed by atoms with Crippen LogP contribution in [0.15, 0.2) is 67.2 Å². The zero-order valence-corrected chi connectivity index (χ0v) is 14.0. The Morgan fingerprint density at radius 2 is 1.19 bits per heavy atom. The molecule has 0 atom stereocenters. The molecule has 0 aliphatic rings. The molecule has 0 heterocycles. The van der Waals surface area contributed by atoms with E-state index in [1.807, 2.05) is 94.4 Å². The van der Waals surface area contributed by atoms with Gasteiger partial charge in [-0.15, -0.1) is 0 Å². The van der Waals surface area contributed by atoms with Gasteiger partial charge in [0.25, 0.3) is 0 Å². The first-order chi connectivity index (χ1) is 10.2. The van der Waals surface area contributed by atoms with E-state index < -0.39 is 0 Å². The maximum Gasteiger partial charge on any atom is 0.159 e. The van der Waals surface area contributed by atoms with Gasteiger partial charge in [0.1, 0.15) is 0 Å². The standard InChI is InChI=1S/C8H8O.C8H8.2C2H6/c1-7(9)8-5-3-2-4-6-8;1-2-8-6-4-3-5-7-8;2*1-2/h2-6H,1H3;2-7H,1H2;2*1-2H3. The van der Waals surface area contributed by atoms with Gasteiger partial charge in [-0.2, -0.15) is 0 Å². The van der Waals surface area contributed by atoms with E-state index in [0.29, 0.717) is 0 Å². The molecule has 0 aliphatic carbocycles. The van der Waals surface area contributed by atoms with Crippen LogP contribution in [-0.2, 0) is 0 Å². The van der Waals surface area contributed by atoms with E-state index in [0.717, 1.165) is 5.56 Å². The summed E-state index contributed by atoms with van der Waals surface area (Å²) in [6, 6.07) is 19.3. The van der Waals surface area contributed by atoms with Gasteiger partial charge >= 0.3 is 0 Å². The summed E-state index contributed by atoms with van der Waals surface area (Å²) in [7, 11) is 0. The van der Waals surface area contributed by atoms with Crippen LogP contribution in [0.4, 0.5) is 0 Å². The number of carbonyl (C=O) groups is 1. The molecule has 0 N–H and O–H groups in total. The molecular weight excluding hydrogens is 256 g/mol. The summed E-state index contributed by atoms with van der Waals surface area (Å²) in [5.74, 6) is 0.121. The minimum atomic E-state index is 0.121. The molecular formula is C20H28O. The van der Waals surface area contributed by atoms with E-state index in [2.05, 4.69) is 6.58 Å². The molecule has 114 valence electrons. The molecule has 0 radical (unpaired) electrons. The highest BCUT2D eigenvalue weighted by Gasteiger charge is 1.92. The number of benzene rings is 2. The quantitative estimate of drug-likeness (QED) is 0.594. The van der Waals surface area contributed by atoms with Crippen molar-refractivity contribution >= 4 is 11.9 Å². The van der Waals surface area contributed by atoms with Crippen LogP contribution in [0.5, 0.6) is 0 Å². The molecule has 0 bridgehead atoms. The highest BCUT2D eigenvalue weighted by Crippen LogP contribution is 1.98. The molecule has 2 aromatic rings. The molecule has 0 amide bonds. The minimum absolute atomic E-state index is 0.121. The maximum absolute atomic E-state index is 10.6. The van der Waals surface area contributed by atoms with Gasteiger partial charge < -0.3 is 0 Å². The SMILES string of the molecule is C=Cc1ccccc1.CC.CC.CC(=O)c1ccccc1. The van der Waals surface area contributed by atoms with Gasteiger partial charge in [0.2, 0.25) is 0 Å². The fourth-order valence-corrected chi connectivity index (χ4v) is 1.26. The topological polar surface area (TPSA) is 17.1 Å². The molecule has 0 fully saturated rings. The minimum Gasteiger partial charge on any atom is -0.295 e. The molecule has 0 saturated heterocycles. The van der Waals surface area contributed by atoms with E-state index in [4.69, 9.17) is 0 Å². The second-order valence-electron chi connectivity index (χ2n) is 3.54. The van der Waals surface area contributed by atoms with E-state index in [9.17, 15) is 4.79 Å². The normalized spacial score (nSPS) is 7.67. The average molecular weight is 284 g/mol. The van der Waals surface area contributed by atoms with Crippen LogP contribution in [-0.4, -0.2) is 5.78 Å². The molecule has 0 spiro atoms. The Morgan fingerprint density at radius 1 is 0.810 bits per heavy atom. The number of hydrogen-bond donors (Lipinski definition) is 0. The summed E-state index contributed by atoms with van der Waals surface area (Å²) in [6.07, 6.45) is 1.83. The van der Waals surface area contributed by atoms with E-state index >= 15 is 0 Å². The van der Waals surface area contributed by atoms with Crippen LogP contribution in [0.2, 0.25) is 0 Å². The summed E-state index contributed by atoms with van der Waals surface area (Å²) in [5.41, 5.74) is 1.95. The zero-order valence-electron chi connectivity index (χ0n) is 14.0. The first-order valence-corrected chi connectivity index (χ1v) is 7.47. The number of ketones is 1. The Morgan fingerprint density at radius 3 is 1.43 bits per heavy atom. The van der Waals surface area contributed by atoms with Gasteiger partial charge in [0.15, 0.2) is 5.78 Å². The summed E-state index contributed by atoms with van der Waals surface area (Å²) in [4.78, 5) is 10.6. The van der Waals surface area contributed by atoms with Crippen molar-refractivity contribution in [3.05, 3.63) is 78.4 Å². The Balaban J connectivity index is 0. The van der Waals surface area contributed by atoms with Crippen LogP contribution in [0.25, 0.3) is 6.08 Å². The largest absolute Gasteiger partial charge is 0.295 e. The summed E-state index contributed by atoms with van der Waals surface area (Å²) < 4.78 is 0. The first kappa shape index (κ1) is 21.2. The predicted molar refractivity (Wildman–Crippen MR) is 95.7 cm³/mol. The van der Waals surface area contributed by atoms with Crippen molar-refractivity contribution in [2.45, 2.75) is 34.6 Å². The second kappa shape index (κ2) is 15.9. The molecule has 1 nitrogen and oxygen atoms in total. The summed E-state index contributed by atoms with van der Waals surface area (Å²) in [5, 5.41) is 0. The lowest BCUT2D eigenvalue weighted by Crippen LogP contribution is -1.88. The van der Waals surface area contributed by atoms with Crippen molar-refractivity contribution in [2.75, 3.05) is 0 Å². The molecule has 1 heteroatoms. The smallest absolute Gasteiger partial charge is 0.159 e.